The zero-order valence-electron chi connectivity index (χ0n) is 9.75. The molecule has 0 spiro atoms. The number of likely N-dealkylation sites (tertiary alicyclic amines) is 1. The van der Waals surface area contributed by atoms with E-state index >= 15 is 0 Å². The van der Waals surface area contributed by atoms with Crippen LogP contribution < -0.4 is 5.73 Å². The number of benzene rings is 1. The summed E-state index contributed by atoms with van der Waals surface area (Å²) in [5.74, 6) is -0.0498. The molecule has 1 atom stereocenters. The van der Waals surface area contributed by atoms with Gasteiger partial charge in [-0.05, 0) is 18.4 Å². The molecule has 0 bridgehead atoms. The van der Waals surface area contributed by atoms with Gasteiger partial charge in [-0.3, -0.25) is 4.79 Å². The maximum atomic E-state index is 11.8. The summed E-state index contributed by atoms with van der Waals surface area (Å²) in [7, 11) is 0. The van der Waals surface area contributed by atoms with Gasteiger partial charge in [-0.1, -0.05) is 30.3 Å². The Labute approximate surface area is 101 Å². The van der Waals surface area contributed by atoms with E-state index in [0.717, 1.165) is 6.42 Å². The summed E-state index contributed by atoms with van der Waals surface area (Å²) in [5.41, 5.74) is 7.04. The molecule has 0 aromatic heterocycles. The average Bonchev–Trinajstić information content (AvgIpc) is 2.32. The van der Waals surface area contributed by atoms with Crippen LogP contribution in [0.2, 0.25) is 0 Å². The molecule has 1 fully saturated rings. The minimum atomic E-state index is -0.456. The maximum Gasteiger partial charge on any atom is 0.239 e. The van der Waals surface area contributed by atoms with Gasteiger partial charge in [0, 0.05) is 13.1 Å². The fourth-order valence-electron chi connectivity index (χ4n) is 1.96. The van der Waals surface area contributed by atoms with Gasteiger partial charge in [0.05, 0.1) is 12.1 Å². The normalized spacial score (nSPS) is 17.6. The number of carbonyl (C=O) groups is 1. The molecule has 1 amide bonds. The first-order valence-electron chi connectivity index (χ1n) is 5.93. The first-order chi connectivity index (χ1) is 8.16. The van der Waals surface area contributed by atoms with Crippen LogP contribution in [0, 0.1) is 0 Å². The van der Waals surface area contributed by atoms with Gasteiger partial charge in [0.2, 0.25) is 5.91 Å². The highest BCUT2D eigenvalue weighted by molar-refractivity contribution is 5.82. The molecule has 0 radical (unpaired) electrons. The van der Waals surface area contributed by atoms with Crippen LogP contribution in [0.4, 0.5) is 0 Å². The number of aliphatic hydroxyl groups excluding tert-OH is 1. The van der Waals surface area contributed by atoms with Crippen LogP contribution in [0.3, 0.4) is 0 Å². The third kappa shape index (κ3) is 3.05. The predicted octanol–water partition coefficient (Wildman–Crippen LogP) is 0.150. The molecule has 0 unspecified atom stereocenters. The van der Waals surface area contributed by atoms with E-state index in [1.807, 2.05) is 30.3 Å². The van der Waals surface area contributed by atoms with Crippen LogP contribution in [0.25, 0.3) is 0 Å². The lowest BCUT2D eigenvalue weighted by molar-refractivity contribution is -0.142. The number of aryl methyl sites for hydroxylation is 1. The Kier molecular flexibility index (Phi) is 3.76. The van der Waals surface area contributed by atoms with Crippen molar-refractivity contribution >= 4 is 5.91 Å². The molecular formula is C13H18N2O2. The summed E-state index contributed by atoms with van der Waals surface area (Å²) in [4.78, 5) is 13.4. The molecule has 1 aromatic carbocycles. The lowest BCUT2D eigenvalue weighted by Gasteiger charge is -2.37. The monoisotopic (exact) mass is 234 g/mol. The summed E-state index contributed by atoms with van der Waals surface area (Å²) < 4.78 is 0. The Balaban J connectivity index is 1.77. The number of carbonyl (C=O) groups excluding carboxylic acids is 1. The van der Waals surface area contributed by atoms with Gasteiger partial charge in [0.15, 0.2) is 0 Å². The largest absolute Gasteiger partial charge is 0.389 e. The van der Waals surface area contributed by atoms with E-state index in [1.165, 1.54) is 5.56 Å². The number of nitrogens with two attached hydrogens (primary N) is 1. The summed E-state index contributed by atoms with van der Waals surface area (Å²) in [6.07, 6.45) is 1.10. The number of aliphatic hydroxyl groups is 1. The van der Waals surface area contributed by atoms with Gasteiger partial charge < -0.3 is 15.7 Å². The van der Waals surface area contributed by atoms with E-state index in [4.69, 9.17) is 10.8 Å². The van der Waals surface area contributed by atoms with Crippen LogP contribution in [0.15, 0.2) is 30.3 Å². The fraction of sp³-hybridized carbons (Fsp3) is 0.462. The van der Waals surface area contributed by atoms with E-state index < -0.39 is 6.04 Å². The van der Waals surface area contributed by atoms with Gasteiger partial charge in [-0.15, -0.1) is 0 Å². The highest BCUT2D eigenvalue weighted by atomic mass is 16.3. The summed E-state index contributed by atoms with van der Waals surface area (Å²) in [6, 6.07) is 9.54. The Bertz CT molecular complexity index is 374. The minimum Gasteiger partial charge on any atom is -0.389 e. The average molecular weight is 234 g/mol. The Morgan fingerprint density at radius 1 is 1.41 bits per heavy atom. The molecule has 1 saturated heterocycles. The lowest BCUT2D eigenvalue weighted by Crippen LogP contribution is -2.57. The maximum absolute atomic E-state index is 11.8. The van der Waals surface area contributed by atoms with Crippen LogP contribution in [0.1, 0.15) is 12.0 Å². The van der Waals surface area contributed by atoms with Crippen molar-refractivity contribution in [2.24, 2.45) is 5.73 Å². The SMILES string of the molecule is N[C@@H](CCc1ccccc1)C(=O)N1CC(O)C1. The number of hydrogen-bond donors (Lipinski definition) is 2. The van der Waals surface area contributed by atoms with Crippen molar-refractivity contribution in [1.29, 1.82) is 0 Å². The van der Waals surface area contributed by atoms with Crippen LogP contribution in [0.5, 0.6) is 0 Å². The highest BCUT2D eigenvalue weighted by Gasteiger charge is 2.31. The molecule has 1 aliphatic rings. The second-order valence-corrected chi connectivity index (χ2v) is 4.53. The third-order valence-corrected chi connectivity index (χ3v) is 3.08. The second-order valence-electron chi connectivity index (χ2n) is 4.53. The zero-order valence-corrected chi connectivity index (χ0v) is 9.75. The molecule has 2 rings (SSSR count). The molecule has 92 valence electrons. The molecule has 3 N–H and O–H groups in total. The van der Waals surface area contributed by atoms with Gasteiger partial charge >= 0.3 is 0 Å². The Morgan fingerprint density at radius 2 is 2.06 bits per heavy atom. The van der Waals surface area contributed by atoms with Gasteiger partial charge in [-0.25, -0.2) is 0 Å². The van der Waals surface area contributed by atoms with E-state index in [0.29, 0.717) is 19.5 Å². The summed E-state index contributed by atoms with van der Waals surface area (Å²) in [5, 5.41) is 9.12. The van der Waals surface area contributed by atoms with Crippen LogP contribution in [-0.2, 0) is 11.2 Å². The van der Waals surface area contributed by atoms with E-state index in [1.54, 1.807) is 4.90 Å². The van der Waals surface area contributed by atoms with Crippen molar-refractivity contribution in [2.45, 2.75) is 25.0 Å². The Hall–Kier alpha value is -1.39. The van der Waals surface area contributed by atoms with Gasteiger partial charge in [0.25, 0.3) is 0 Å². The number of nitrogens with zero attached hydrogens (tertiary/aromatic N) is 1. The van der Waals surface area contributed by atoms with Crippen LogP contribution in [-0.4, -0.2) is 41.1 Å². The predicted molar refractivity (Wildman–Crippen MR) is 65.3 cm³/mol. The van der Waals surface area contributed by atoms with E-state index in [-0.39, 0.29) is 12.0 Å². The van der Waals surface area contributed by atoms with E-state index in [9.17, 15) is 4.79 Å². The van der Waals surface area contributed by atoms with Crippen molar-refractivity contribution in [3.05, 3.63) is 35.9 Å². The van der Waals surface area contributed by atoms with Crippen molar-refractivity contribution in [3.8, 4) is 0 Å². The number of rotatable bonds is 4. The lowest BCUT2D eigenvalue weighted by atomic mass is 10.0. The Morgan fingerprint density at radius 3 is 2.65 bits per heavy atom. The first-order valence-corrected chi connectivity index (χ1v) is 5.93. The van der Waals surface area contributed by atoms with Crippen molar-refractivity contribution in [3.63, 3.8) is 0 Å². The molecule has 1 aromatic rings. The number of amides is 1. The van der Waals surface area contributed by atoms with Gasteiger partial charge in [-0.2, -0.15) is 0 Å². The quantitative estimate of drug-likeness (QED) is 0.779. The summed E-state index contributed by atoms with van der Waals surface area (Å²) >= 11 is 0. The standard InChI is InChI=1S/C13H18N2O2/c14-12(13(17)15-8-11(16)9-15)7-6-10-4-2-1-3-5-10/h1-5,11-12,16H,6-9,14H2/t12-/m0/s1. The third-order valence-electron chi connectivity index (χ3n) is 3.08. The molecule has 1 heterocycles. The minimum absolute atomic E-state index is 0.0498. The first kappa shape index (κ1) is 12.1. The van der Waals surface area contributed by atoms with Crippen molar-refractivity contribution in [2.75, 3.05) is 13.1 Å². The van der Waals surface area contributed by atoms with Crippen molar-refractivity contribution < 1.29 is 9.90 Å². The molecule has 1 aliphatic heterocycles. The topological polar surface area (TPSA) is 66.6 Å². The second kappa shape index (κ2) is 5.29. The molecule has 4 heteroatoms. The molecular weight excluding hydrogens is 216 g/mol. The molecule has 0 saturated carbocycles. The van der Waals surface area contributed by atoms with E-state index in [2.05, 4.69) is 0 Å². The van der Waals surface area contributed by atoms with Gasteiger partial charge in [0.1, 0.15) is 0 Å². The summed E-state index contributed by atoms with van der Waals surface area (Å²) in [6.45, 7) is 0.857. The molecule has 4 nitrogen and oxygen atoms in total. The smallest absolute Gasteiger partial charge is 0.239 e. The number of β-amino-alcohol motifs (C(OH)–C–C–N with tert-alkyl or cyclic N) is 1. The van der Waals surface area contributed by atoms with Crippen LogP contribution >= 0.6 is 0 Å². The molecule has 0 aliphatic carbocycles. The molecule has 17 heavy (non-hydrogen) atoms. The number of hydrogen-bond acceptors (Lipinski definition) is 3. The zero-order chi connectivity index (χ0) is 12.3. The van der Waals surface area contributed by atoms with Crippen molar-refractivity contribution in [1.82, 2.24) is 4.90 Å². The highest BCUT2D eigenvalue weighted by Crippen LogP contribution is 2.11. The fourth-order valence-corrected chi connectivity index (χ4v) is 1.96.